The highest BCUT2D eigenvalue weighted by atomic mass is 14.1. The Hall–Kier alpha value is -1.04. The summed E-state index contributed by atoms with van der Waals surface area (Å²) >= 11 is 0. The van der Waals surface area contributed by atoms with Crippen molar-refractivity contribution in [3.05, 3.63) is 47.9 Å². The van der Waals surface area contributed by atoms with Crippen LogP contribution in [0.4, 0.5) is 0 Å². The zero-order chi connectivity index (χ0) is 9.64. The van der Waals surface area contributed by atoms with Crippen molar-refractivity contribution in [3.63, 3.8) is 0 Å². The second-order valence-electron chi connectivity index (χ2n) is 3.96. The zero-order valence-corrected chi connectivity index (χ0v) is 8.58. The van der Waals surface area contributed by atoms with Crippen LogP contribution in [0, 0.1) is 5.92 Å². The van der Waals surface area contributed by atoms with Gasteiger partial charge in [-0.2, -0.15) is 0 Å². The summed E-state index contributed by atoms with van der Waals surface area (Å²) in [5.41, 5.74) is 1.31. The lowest BCUT2D eigenvalue weighted by Crippen LogP contribution is -1.99. The molecule has 1 aliphatic rings. The molecule has 0 amide bonds. The van der Waals surface area contributed by atoms with Crippen LogP contribution in [-0.2, 0) is 0 Å². The van der Waals surface area contributed by atoms with Crippen LogP contribution in [0.2, 0.25) is 0 Å². The van der Waals surface area contributed by atoms with Gasteiger partial charge in [0.1, 0.15) is 0 Å². The van der Waals surface area contributed by atoms with Crippen LogP contribution in [0.25, 0.3) is 6.08 Å². The van der Waals surface area contributed by atoms with Gasteiger partial charge in [0.05, 0.1) is 0 Å². The van der Waals surface area contributed by atoms with Crippen molar-refractivity contribution in [2.45, 2.75) is 32.1 Å². The summed E-state index contributed by atoms with van der Waals surface area (Å²) in [6.07, 6.45) is 11.4. The average molecular weight is 185 g/mol. The van der Waals surface area contributed by atoms with Crippen LogP contribution in [0.5, 0.6) is 0 Å². The summed E-state index contributed by atoms with van der Waals surface area (Å²) in [5, 5.41) is 0. The van der Waals surface area contributed by atoms with Crippen molar-refractivity contribution in [1.82, 2.24) is 0 Å². The van der Waals surface area contributed by atoms with Gasteiger partial charge in [-0.05, 0) is 24.3 Å². The minimum atomic E-state index is 1.31. The van der Waals surface area contributed by atoms with Gasteiger partial charge in [0.15, 0.2) is 0 Å². The number of benzene rings is 1. The van der Waals surface area contributed by atoms with E-state index in [0.29, 0.717) is 0 Å². The van der Waals surface area contributed by atoms with Gasteiger partial charge in [0.2, 0.25) is 0 Å². The first kappa shape index (κ1) is 9.51. The molecule has 0 N–H and O–H groups in total. The van der Waals surface area contributed by atoms with E-state index in [9.17, 15) is 0 Å². The van der Waals surface area contributed by atoms with E-state index in [0.717, 1.165) is 0 Å². The lowest BCUT2D eigenvalue weighted by molar-refractivity contribution is 0.558. The van der Waals surface area contributed by atoms with E-state index in [2.05, 4.69) is 42.5 Å². The molecule has 0 unspecified atom stereocenters. The van der Waals surface area contributed by atoms with E-state index in [1.165, 1.54) is 37.7 Å². The highest BCUT2D eigenvalue weighted by Gasteiger charge is 2.09. The van der Waals surface area contributed by atoms with Crippen molar-refractivity contribution >= 4 is 6.08 Å². The van der Waals surface area contributed by atoms with Crippen LogP contribution in [0.15, 0.2) is 36.4 Å². The lowest BCUT2D eigenvalue weighted by atomic mass is 9.89. The first-order valence-electron chi connectivity index (χ1n) is 5.53. The summed E-state index contributed by atoms with van der Waals surface area (Å²) in [6.45, 7) is 0. The molecule has 1 aromatic carbocycles. The van der Waals surface area contributed by atoms with E-state index >= 15 is 0 Å². The molecule has 0 heterocycles. The van der Waals surface area contributed by atoms with Gasteiger partial charge in [-0.3, -0.25) is 0 Å². The van der Waals surface area contributed by atoms with Crippen LogP contribution in [0.3, 0.4) is 0 Å². The molecular formula is C14H17. The molecule has 0 heteroatoms. The second-order valence-corrected chi connectivity index (χ2v) is 3.96. The molecule has 1 saturated carbocycles. The maximum Gasteiger partial charge on any atom is -0.00239 e. The summed E-state index contributed by atoms with van der Waals surface area (Å²) in [7, 11) is 0. The SMILES string of the molecule is C(=Cc1ccccc1)[C]1CCCCC1. The molecule has 0 spiro atoms. The van der Waals surface area contributed by atoms with Gasteiger partial charge in [-0.15, -0.1) is 0 Å². The fourth-order valence-electron chi connectivity index (χ4n) is 1.95. The fraction of sp³-hybridized carbons (Fsp3) is 0.357. The van der Waals surface area contributed by atoms with Crippen molar-refractivity contribution in [3.8, 4) is 0 Å². The molecule has 1 radical (unpaired) electrons. The van der Waals surface area contributed by atoms with Gasteiger partial charge in [0, 0.05) is 0 Å². The molecule has 0 saturated heterocycles. The smallest absolute Gasteiger partial charge is 0.00239 e. The van der Waals surface area contributed by atoms with E-state index < -0.39 is 0 Å². The Morgan fingerprint density at radius 2 is 1.50 bits per heavy atom. The summed E-state index contributed by atoms with van der Waals surface area (Å²) in [5.74, 6) is 1.63. The normalized spacial score (nSPS) is 18.9. The number of hydrogen-bond acceptors (Lipinski definition) is 0. The van der Waals surface area contributed by atoms with E-state index in [4.69, 9.17) is 0 Å². The Balaban J connectivity index is 1.93. The van der Waals surface area contributed by atoms with Crippen LogP contribution < -0.4 is 0 Å². The monoisotopic (exact) mass is 185 g/mol. The Bertz CT molecular complexity index is 278. The zero-order valence-electron chi connectivity index (χ0n) is 8.58. The van der Waals surface area contributed by atoms with Crippen molar-refractivity contribution < 1.29 is 0 Å². The molecule has 73 valence electrons. The van der Waals surface area contributed by atoms with Gasteiger partial charge in [0.25, 0.3) is 0 Å². The Morgan fingerprint density at radius 3 is 2.21 bits per heavy atom. The van der Waals surface area contributed by atoms with Crippen LogP contribution in [0.1, 0.15) is 37.7 Å². The second kappa shape index (κ2) is 4.99. The summed E-state index contributed by atoms with van der Waals surface area (Å²) in [6, 6.07) is 10.5. The lowest BCUT2D eigenvalue weighted by Gasteiger charge is -2.16. The van der Waals surface area contributed by atoms with E-state index in [1.54, 1.807) is 5.92 Å². The largest absolute Gasteiger partial charge is 0.0768 e. The van der Waals surface area contributed by atoms with Crippen molar-refractivity contribution in [1.29, 1.82) is 0 Å². The number of rotatable bonds is 2. The maximum absolute atomic E-state index is 2.31. The van der Waals surface area contributed by atoms with Gasteiger partial charge in [-0.1, -0.05) is 61.7 Å². The predicted molar refractivity (Wildman–Crippen MR) is 61.8 cm³/mol. The molecule has 1 aliphatic carbocycles. The third-order valence-corrected chi connectivity index (χ3v) is 2.81. The van der Waals surface area contributed by atoms with Crippen LogP contribution in [-0.4, -0.2) is 0 Å². The summed E-state index contributed by atoms with van der Waals surface area (Å²) < 4.78 is 0. The summed E-state index contributed by atoms with van der Waals surface area (Å²) in [4.78, 5) is 0. The highest BCUT2D eigenvalue weighted by Crippen LogP contribution is 2.26. The molecule has 0 aliphatic heterocycles. The highest BCUT2D eigenvalue weighted by molar-refractivity contribution is 5.51. The standard InChI is InChI=1S/C14H17/c1-3-7-13(8-4-1)11-12-14-9-5-2-6-10-14/h1,3-4,7-8,11-12H,2,5-6,9-10H2. The molecule has 2 rings (SSSR count). The molecule has 0 atom stereocenters. The molecule has 1 fully saturated rings. The molecule has 0 nitrogen and oxygen atoms in total. The molecule has 14 heavy (non-hydrogen) atoms. The molecular weight excluding hydrogens is 168 g/mol. The van der Waals surface area contributed by atoms with Gasteiger partial charge in [-0.25, -0.2) is 0 Å². The Morgan fingerprint density at radius 1 is 0.786 bits per heavy atom. The van der Waals surface area contributed by atoms with Crippen LogP contribution >= 0.6 is 0 Å². The molecule has 1 aromatic rings. The first-order chi connectivity index (χ1) is 6.95. The van der Waals surface area contributed by atoms with E-state index in [-0.39, 0.29) is 0 Å². The number of allylic oxidation sites excluding steroid dienone is 1. The number of hydrogen-bond donors (Lipinski definition) is 0. The van der Waals surface area contributed by atoms with Crippen molar-refractivity contribution in [2.75, 3.05) is 0 Å². The average Bonchev–Trinajstić information content (AvgIpc) is 2.29. The third-order valence-electron chi connectivity index (χ3n) is 2.81. The Labute approximate surface area is 86.7 Å². The topological polar surface area (TPSA) is 0 Å². The van der Waals surface area contributed by atoms with E-state index in [1.807, 2.05) is 0 Å². The van der Waals surface area contributed by atoms with Crippen molar-refractivity contribution in [2.24, 2.45) is 0 Å². The maximum atomic E-state index is 2.31. The van der Waals surface area contributed by atoms with Gasteiger partial charge >= 0.3 is 0 Å². The molecule has 0 bridgehead atoms. The predicted octanol–water partition coefficient (Wildman–Crippen LogP) is 4.24. The Kier molecular flexibility index (Phi) is 3.39. The third kappa shape index (κ3) is 2.73. The fourth-order valence-corrected chi connectivity index (χ4v) is 1.95. The van der Waals surface area contributed by atoms with Gasteiger partial charge < -0.3 is 0 Å². The quantitative estimate of drug-likeness (QED) is 0.646. The minimum Gasteiger partial charge on any atom is -0.0768 e. The first-order valence-corrected chi connectivity index (χ1v) is 5.53. The minimum absolute atomic E-state index is 1.31. The molecule has 0 aromatic heterocycles.